The fourth-order valence-corrected chi connectivity index (χ4v) is 10.7. The van der Waals surface area contributed by atoms with E-state index in [0.29, 0.717) is 32.1 Å². The van der Waals surface area contributed by atoms with E-state index in [0.717, 1.165) is 122 Å². The minimum atomic E-state index is -4.96. The predicted octanol–water partition coefficient (Wildman–Crippen LogP) is 21.4. The van der Waals surface area contributed by atoms with Gasteiger partial charge in [0.05, 0.1) is 26.4 Å². The topological polar surface area (TPSA) is 231 Å². The fourth-order valence-electron chi connectivity index (χ4n) is 9.08. The van der Waals surface area contributed by atoms with Gasteiger partial charge in [0, 0.05) is 19.3 Å². The summed E-state index contributed by atoms with van der Waals surface area (Å²) in [7, 11) is -9.83. The molecule has 0 radical (unpaired) electrons. The van der Waals surface area contributed by atoms with Crippen LogP contribution in [0.4, 0.5) is 0 Å². The first-order chi connectivity index (χ1) is 48.2. The van der Waals surface area contributed by atoms with Gasteiger partial charge in [-0.15, -0.1) is 0 Å². The van der Waals surface area contributed by atoms with Crippen LogP contribution in [0.3, 0.4) is 0 Å². The average molecular weight is 1420 g/mol. The molecule has 4 N–H and O–H groups in total. The van der Waals surface area contributed by atoms with E-state index in [4.69, 9.17) is 32.3 Å². The first-order valence-electron chi connectivity index (χ1n) is 37.1. The number of phosphoric ester groups is 2. The molecule has 0 aliphatic heterocycles. The summed E-state index contributed by atoms with van der Waals surface area (Å²) in [6, 6.07) is 0. The summed E-state index contributed by atoms with van der Waals surface area (Å²) in [6.07, 6.45) is 92.6. The number of hydrogen-bond donors (Lipinski definition) is 4. The Balaban J connectivity index is 4.62. The zero-order valence-corrected chi connectivity index (χ0v) is 62.6. The summed E-state index contributed by atoms with van der Waals surface area (Å²) in [5.74, 6) is -1.73. The molecule has 5 atom stereocenters. The van der Waals surface area contributed by atoms with Crippen molar-refractivity contribution < 1.29 is 75.8 Å². The SMILES string of the molecule is CC/C=C\C/C=C\C/C=C\C/C=C\C/C=C\CCCCCCCCCCCCCCCC(=O)OCC(O)COP(=O)(O)OCC(O)COP(=O)(O)OCC(COC(=O)CCC/C=C\C/C=C\C/C=C\C/C=C\C/C=C\CC)OC(=O)CCC/C=C\C/C=C\C/C=C\C/C=C\C/C=C\CC. The molecule has 0 bridgehead atoms. The van der Waals surface area contributed by atoms with E-state index >= 15 is 0 Å². The Bertz CT molecular complexity index is 2530. The molecule has 18 heteroatoms. The number of carbonyl (C=O) groups is 3. The number of esters is 3. The van der Waals surface area contributed by atoms with Crippen LogP contribution in [0, 0.1) is 0 Å². The number of allylic oxidation sites excluding steroid dienone is 30. The number of phosphoric acid groups is 2. The van der Waals surface area contributed by atoms with Crippen molar-refractivity contribution in [2.75, 3.05) is 39.6 Å². The standard InChI is InChI=1S/C81H130O16P2/c1-4-7-10-13-16-19-22-25-28-31-32-33-34-35-36-37-38-39-40-41-42-45-47-49-52-55-58-61-64-67-79(84)91-70-76(82)71-93-98(87,88)94-72-77(83)73-95-99(89,90)96-75-78(97-81(86)69-66-63-60-57-54-51-48-44-30-27-24-21-18-15-12-9-6-3)74-92-80(85)68-65-62-59-56-53-50-46-43-29-26-23-20-17-14-11-8-5-2/h7-12,16-21,25-30,32-33,35-36,46,48,50-51,56-57,59-60,76-78,82-83H,4-6,13-15,22-24,31,34,37-45,47,49,52-55,58,61-75H2,1-3H3,(H,87,88)(H,89,90)/b10-7-,11-8-,12-9-,19-16-,20-17-,21-18-,28-25-,29-26-,30-27-,33-32-,36-35-,50-46-,51-48-,59-56-,60-57-. The van der Waals surface area contributed by atoms with E-state index in [1.807, 2.05) is 24.3 Å². The molecule has 0 fully saturated rings. The van der Waals surface area contributed by atoms with Crippen LogP contribution in [0.5, 0.6) is 0 Å². The van der Waals surface area contributed by atoms with Crippen molar-refractivity contribution in [2.45, 2.75) is 270 Å². The lowest BCUT2D eigenvalue weighted by atomic mass is 10.0. The smallest absolute Gasteiger partial charge is 0.463 e. The van der Waals surface area contributed by atoms with Gasteiger partial charge in [0.1, 0.15) is 25.4 Å². The highest BCUT2D eigenvalue weighted by Gasteiger charge is 2.29. The predicted molar refractivity (Wildman–Crippen MR) is 408 cm³/mol. The van der Waals surface area contributed by atoms with Gasteiger partial charge < -0.3 is 34.2 Å². The fraction of sp³-hybridized carbons (Fsp3) is 0.593. The number of unbranched alkanes of at least 4 members (excludes halogenated alkanes) is 15. The Morgan fingerprint density at radius 1 is 0.283 bits per heavy atom. The summed E-state index contributed by atoms with van der Waals surface area (Å²) in [5, 5.41) is 20.6. The largest absolute Gasteiger partial charge is 0.472 e. The molecule has 0 aliphatic rings. The minimum absolute atomic E-state index is 0.00704. The van der Waals surface area contributed by atoms with Gasteiger partial charge in [-0.05, 0) is 141 Å². The van der Waals surface area contributed by atoms with E-state index in [1.165, 1.54) is 57.8 Å². The second-order valence-corrected chi connectivity index (χ2v) is 26.9. The highest BCUT2D eigenvalue weighted by molar-refractivity contribution is 7.47. The lowest BCUT2D eigenvalue weighted by Crippen LogP contribution is -2.30. The van der Waals surface area contributed by atoms with Crippen LogP contribution >= 0.6 is 15.6 Å². The normalized spacial score (nSPS) is 15.1. The van der Waals surface area contributed by atoms with Gasteiger partial charge in [0.2, 0.25) is 0 Å². The highest BCUT2D eigenvalue weighted by atomic mass is 31.2. The van der Waals surface area contributed by atoms with E-state index < -0.39 is 91.5 Å². The highest BCUT2D eigenvalue weighted by Crippen LogP contribution is 2.45. The van der Waals surface area contributed by atoms with E-state index in [-0.39, 0.29) is 19.3 Å². The van der Waals surface area contributed by atoms with Crippen molar-refractivity contribution in [3.63, 3.8) is 0 Å². The van der Waals surface area contributed by atoms with Crippen molar-refractivity contribution in [3.05, 3.63) is 182 Å². The monoisotopic (exact) mass is 1420 g/mol. The van der Waals surface area contributed by atoms with Crippen LogP contribution in [-0.2, 0) is 55.8 Å². The van der Waals surface area contributed by atoms with Gasteiger partial charge in [0.15, 0.2) is 6.10 Å². The van der Waals surface area contributed by atoms with E-state index in [9.17, 15) is 43.5 Å². The molecular weight excluding hydrogens is 1290 g/mol. The molecule has 0 aliphatic carbocycles. The Hall–Kier alpha value is -5.35. The number of rotatable bonds is 68. The molecular formula is C81H130O16P2. The first-order valence-corrected chi connectivity index (χ1v) is 40.1. The molecule has 16 nitrogen and oxygen atoms in total. The average Bonchev–Trinajstić information content (AvgIpc) is 2.18. The van der Waals surface area contributed by atoms with Crippen LogP contribution in [0.15, 0.2) is 182 Å². The van der Waals surface area contributed by atoms with Gasteiger partial charge >= 0.3 is 33.6 Å². The summed E-state index contributed by atoms with van der Waals surface area (Å²) in [6.45, 7) is 2.16. The second kappa shape index (κ2) is 72.4. The van der Waals surface area contributed by atoms with Crippen LogP contribution < -0.4 is 0 Å². The lowest BCUT2D eigenvalue weighted by molar-refractivity contribution is -0.161. The van der Waals surface area contributed by atoms with Crippen molar-refractivity contribution in [2.24, 2.45) is 0 Å². The van der Waals surface area contributed by atoms with Crippen LogP contribution in [0.1, 0.15) is 252 Å². The first kappa shape index (κ1) is 93.6. The number of hydrogen-bond acceptors (Lipinski definition) is 14. The van der Waals surface area contributed by atoms with E-state index in [1.54, 1.807) is 0 Å². The number of aliphatic hydroxyl groups excluding tert-OH is 2. The maximum absolute atomic E-state index is 12.9. The molecule has 0 aromatic heterocycles. The summed E-state index contributed by atoms with van der Waals surface area (Å²) in [5.41, 5.74) is 0. The molecule has 0 aromatic carbocycles. The minimum Gasteiger partial charge on any atom is -0.463 e. The molecule has 0 rings (SSSR count). The molecule has 99 heavy (non-hydrogen) atoms. The third-order valence-corrected chi connectivity index (χ3v) is 16.5. The molecule has 560 valence electrons. The van der Waals surface area contributed by atoms with Crippen LogP contribution in [-0.4, -0.2) is 95.9 Å². The van der Waals surface area contributed by atoms with Crippen molar-refractivity contribution >= 4 is 33.6 Å². The second-order valence-electron chi connectivity index (χ2n) is 23.9. The summed E-state index contributed by atoms with van der Waals surface area (Å²) >= 11 is 0. The van der Waals surface area contributed by atoms with Gasteiger partial charge in [-0.1, -0.05) is 274 Å². The van der Waals surface area contributed by atoms with E-state index in [2.05, 4.69) is 179 Å². The number of ether oxygens (including phenoxy) is 3. The molecule has 0 saturated carbocycles. The zero-order valence-electron chi connectivity index (χ0n) is 60.8. The Morgan fingerprint density at radius 3 is 0.838 bits per heavy atom. The Kier molecular flexibility index (Phi) is 68.5. The Morgan fingerprint density at radius 2 is 0.515 bits per heavy atom. The Labute approximate surface area is 598 Å². The molecule has 0 heterocycles. The van der Waals surface area contributed by atoms with Crippen LogP contribution in [0.25, 0.3) is 0 Å². The third kappa shape index (κ3) is 73.7. The van der Waals surface area contributed by atoms with Gasteiger partial charge in [-0.2, -0.15) is 0 Å². The van der Waals surface area contributed by atoms with Crippen LogP contribution in [0.2, 0.25) is 0 Å². The number of carbonyl (C=O) groups excluding carboxylic acids is 3. The zero-order chi connectivity index (χ0) is 72.3. The molecule has 0 amide bonds. The van der Waals surface area contributed by atoms with Crippen molar-refractivity contribution in [1.29, 1.82) is 0 Å². The lowest BCUT2D eigenvalue weighted by Gasteiger charge is -2.21. The van der Waals surface area contributed by atoms with Crippen molar-refractivity contribution in [3.8, 4) is 0 Å². The molecule has 0 spiro atoms. The van der Waals surface area contributed by atoms with Gasteiger partial charge in [-0.25, -0.2) is 9.13 Å². The van der Waals surface area contributed by atoms with Gasteiger partial charge in [0.25, 0.3) is 0 Å². The third-order valence-electron chi connectivity index (χ3n) is 14.6. The van der Waals surface area contributed by atoms with Crippen molar-refractivity contribution in [1.82, 2.24) is 0 Å². The molecule has 0 aromatic rings. The molecule has 5 unspecified atom stereocenters. The summed E-state index contributed by atoms with van der Waals surface area (Å²) < 4.78 is 60.9. The maximum Gasteiger partial charge on any atom is 0.472 e. The number of aliphatic hydroxyl groups is 2. The summed E-state index contributed by atoms with van der Waals surface area (Å²) in [4.78, 5) is 58.5. The quantitative estimate of drug-likeness (QED) is 0.0146. The van der Waals surface area contributed by atoms with Gasteiger partial charge in [-0.3, -0.25) is 32.5 Å². The molecule has 0 saturated heterocycles. The maximum atomic E-state index is 12.9.